The van der Waals surface area contributed by atoms with Crippen LogP contribution in [0.5, 0.6) is 5.75 Å². The van der Waals surface area contributed by atoms with Gasteiger partial charge >= 0.3 is 0 Å². The molecule has 2 aromatic rings. The fourth-order valence-corrected chi connectivity index (χ4v) is 2.41. The molecule has 0 spiro atoms. The highest BCUT2D eigenvalue weighted by Crippen LogP contribution is 2.23. The lowest BCUT2D eigenvalue weighted by Gasteiger charge is -2.18. The van der Waals surface area contributed by atoms with Crippen LogP contribution in [-0.2, 0) is 16.0 Å². The molecule has 0 saturated heterocycles. The van der Waals surface area contributed by atoms with Gasteiger partial charge in [-0.2, -0.15) is 0 Å². The molecular formula is C19H21ClN2O3. The van der Waals surface area contributed by atoms with Crippen LogP contribution in [-0.4, -0.2) is 17.9 Å². The molecule has 1 unspecified atom stereocenters. The van der Waals surface area contributed by atoms with Gasteiger partial charge in [-0.3, -0.25) is 20.4 Å². The van der Waals surface area contributed by atoms with Gasteiger partial charge in [-0.25, -0.2) is 0 Å². The quantitative estimate of drug-likeness (QED) is 0.805. The third-order valence-electron chi connectivity index (χ3n) is 3.68. The summed E-state index contributed by atoms with van der Waals surface area (Å²) < 4.78 is 5.72. The summed E-state index contributed by atoms with van der Waals surface area (Å²) in [6.07, 6.45) is -0.598. The highest BCUT2D eigenvalue weighted by Gasteiger charge is 2.17. The summed E-state index contributed by atoms with van der Waals surface area (Å²) in [4.78, 5) is 24.0. The van der Waals surface area contributed by atoms with E-state index in [2.05, 4.69) is 10.9 Å². The van der Waals surface area contributed by atoms with Crippen LogP contribution in [0.1, 0.15) is 23.6 Å². The number of para-hydroxylation sites is 1. The lowest BCUT2D eigenvalue weighted by Crippen LogP contribution is -2.47. The van der Waals surface area contributed by atoms with Gasteiger partial charge in [0.2, 0.25) is 5.91 Å². The molecule has 0 aromatic heterocycles. The van der Waals surface area contributed by atoms with Gasteiger partial charge in [0.25, 0.3) is 5.91 Å². The van der Waals surface area contributed by atoms with E-state index in [0.717, 1.165) is 16.7 Å². The lowest BCUT2D eigenvalue weighted by molar-refractivity contribution is -0.132. The normalized spacial score (nSPS) is 11.5. The molecule has 0 aliphatic rings. The first kappa shape index (κ1) is 18.8. The molecule has 0 bridgehead atoms. The van der Waals surface area contributed by atoms with Crippen LogP contribution in [0.15, 0.2) is 42.5 Å². The Kier molecular flexibility index (Phi) is 6.42. The number of hydrazine groups is 1. The molecule has 6 heteroatoms. The van der Waals surface area contributed by atoms with E-state index in [0.29, 0.717) is 10.8 Å². The van der Waals surface area contributed by atoms with Crippen LogP contribution in [0.25, 0.3) is 0 Å². The van der Waals surface area contributed by atoms with E-state index in [1.165, 1.54) is 0 Å². The molecule has 1 atom stereocenters. The van der Waals surface area contributed by atoms with Crippen LogP contribution < -0.4 is 15.6 Å². The summed E-state index contributed by atoms with van der Waals surface area (Å²) in [7, 11) is 0. The van der Waals surface area contributed by atoms with Crippen molar-refractivity contribution in [1.82, 2.24) is 10.9 Å². The minimum Gasteiger partial charge on any atom is -0.480 e. The van der Waals surface area contributed by atoms with E-state index in [1.54, 1.807) is 31.2 Å². The number of nitrogens with one attached hydrogen (secondary N) is 2. The van der Waals surface area contributed by atoms with Crippen LogP contribution in [0.4, 0.5) is 0 Å². The third-order valence-corrected chi connectivity index (χ3v) is 3.93. The zero-order chi connectivity index (χ0) is 18.4. The number of halogens is 1. The molecule has 0 radical (unpaired) electrons. The zero-order valence-corrected chi connectivity index (χ0v) is 15.2. The molecule has 132 valence electrons. The number of rotatable bonds is 5. The molecule has 0 aliphatic heterocycles. The number of amides is 2. The molecular weight excluding hydrogens is 340 g/mol. The molecule has 0 heterocycles. The van der Waals surface area contributed by atoms with Crippen molar-refractivity contribution < 1.29 is 14.3 Å². The maximum Gasteiger partial charge on any atom is 0.279 e. The standard InChI is InChI=1S/C19H21ClN2O3/c1-12-5-4-6-13(2)18(12)25-14(3)19(24)22-21-17(23)11-15-7-9-16(20)10-8-15/h4-10,14H,11H2,1-3H3,(H,21,23)(H,22,24). The largest absolute Gasteiger partial charge is 0.480 e. The van der Waals surface area contributed by atoms with Gasteiger partial charge < -0.3 is 4.74 Å². The molecule has 5 nitrogen and oxygen atoms in total. The minimum absolute atomic E-state index is 0.142. The van der Waals surface area contributed by atoms with Crippen molar-refractivity contribution in [3.05, 3.63) is 64.2 Å². The van der Waals surface area contributed by atoms with E-state index >= 15 is 0 Å². The molecule has 25 heavy (non-hydrogen) atoms. The van der Waals surface area contributed by atoms with E-state index in [-0.39, 0.29) is 12.3 Å². The number of carbonyl (C=O) groups excluding carboxylic acids is 2. The first-order valence-electron chi connectivity index (χ1n) is 7.93. The van der Waals surface area contributed by atoms with Crippen molar-refractivity contribution in [3.63, 3.8) is 0 Å². The van der Waals surface area contributed by atoms with Gasteiger partial charge in [0.15, 0.2) is 6.10 Å². The van der Waals surface area contributed by atoms with Crippen LogP contribution >= 0.6 is 11.6 Å². The molecule has 2 N–H and O–H groups in total. The van der Waals surface area contributed by atoms with Crippen LogP contribution in [0, 0.1) is 13.8 Å². The minimum atomic E-state index is -0.740. The second kappa shape index (κ2) is 8.53. The van der Waals surface area contributed by atoms with Crippen molar-refractivity contribution in [1.29, 1.82) is 0 Å². The number of hydrogen-bond acceptors (Lipinski definition) is 3. The fourth-order valence-electron chi connectivity index (χ4n) is 2.28. The first-order valence-corrected chi connectivity index (χ1v) is 8.30. The van der Waals surface area contributed by atoms with E-state index in [4.69, 9.17) is 16.3 Å². The SMILES string of the molecule is Cc1cccc(C)c1OC(C)C(=O)NNC(=O)Cc1ccc(Cl)cc1. The number of carbonyl (C=O) groups is 2. The van der Waals surface area contributed by atoms with Crippen molar-refractivity contribution in [2.24, 2.45) is 0 Å². The fraction of sp³-hybridized carbons (Fsp3) is 0.263. The van der Waals surface area contributed by atoms with Crippen molar-refractivity contribution >= 4 is 23.4 Å². The maximum absolute atomic E-state index is 12.1. The monoisotopic (exact) mass is 360 g/mol. The summed E-state index contributed by atoms with van der Waals surface area (Å²) in [5, 5.41) is 0.606. The second-order valence-electron chi connectivity index (χ2n) is 5.82. The van der Waals surface area contributed by atoms with Crippen molar-refractivity contribution in [2.75, 3.05) is 0 Å². The topological polar surface area (TPSA) is 67.4 Å². The van der Waals surface area contributed by atoms with Gasteiger partial charge in [-0.05, 0) is 49.6 Å². The van der Waals surface area contributed by atoms with E-state index in [9.17, 15) is 9.59 Å². The Morgan fingerprint density at radius 1 is 1.04 bits per heavy atom. The predicted molar refractivity (Wildman–Crippen MR) is 97.4 cm³/mol. The number of aryl methyl sites for hydroxylation is 2. The Labute approximate surface area is 152 Å². The average Bonchev–Trinajstić information content (AvgIpc) is 2.58. The smallest absolute Gasteiger partial charge is 0.279 e. The third kappa shape index (κ3) is 5.50. The predicted octanol–water partition coefficient (Wildman–Crippen LogP) is 3.11. The van der Waals surface area contributed by atoms with Crippen molar-refractivity contribution in [3.8, 4) is 5.75 Å². The van der Waals surface area contributed by atoms with Crippen LogP contribution in [0.2, 0.25) is 5.02 Å². The van der Waals surface area contributed by atoms with E-state index < -0.39 is 12.0 Å². The average molecular weight is 361 g/mol. The first-order chi connectivity index (χ1) is 11.9. The van der Waals surface area contributed by atoms with Gasteiger partial charge in [-0.15, -0.1) is 0 Å². The molecule has 2 amide bonds. The summed E-state index contributed by atoms with van der Waals surface area (Å²) in [6.45, 7) is 5.47. The number of hydrogen-bond donors (Lipinski definition) is 2. The van der Waals surface area contributed by atoms with E-state index in [1.807, 2.05) is 32.0 Å². The molecule has 0 saturated carbocycles. The Morgan fingerprint density at radius 3 is 2.24 bits per heavy atom. The summed E-state index contributed by atoms with van der Waals surface area (Å²) in [5.41, 5.74) is 7.48. The summed E-state index contributed by atoms with van der Waals surface area (Å²) in [5.74, 6) is -0.0697. The molecule has 0 aliphatic carbocycles. The number of benzene rings is 2. The van der Waals surface area contributed by atoms with Gasteiger partial charge in [0.1, 0.15) is 5.75 Å². The Morgan fingerprint density at radius 2 is 1.64 bits per heavy atom. The molecule has 2 rings (SSSR count). The Balaban J connectivity index is 1.84. The van der Waals surface area contributed by atoms with Gasteiger partial charge in [0, 0.05) is 5.02 Å². The molecule has 0 fully saturated rings. The summed E-state index contributed by atoms with van der Waals surface area (Å²) >= 11 is 5.80. The van der Waals surface area contributed by atoms with Crippen molar-refractivity contribution in [2.45, 2.75) is 33.3 Å². The maximum atomic E-state index is 12.1. The lowest BCUT2D eigenvalue weighted by atomic mass is 10.1. The van der Waals surface area contributed by atoms with Gasteiger partial charge in [0.05, 0.1) is 6.42 Å². The summed E-state index contributed by atoms with van der Waals surface area (Å²) in [6, 6.07) is 12.7. The van der Waals surface area contributed by atoms with Crippen LogP contribution in [0.3, 0.4) is 0 Å². The Bertz CT molecular complexity index is 740. The zero-order valence-electron chi connectivity index (χ0n) is 14.4. The highest BCUT2D eigenvalue weighted by molar-refractivity contribution is 6.30. The second-order valence-corrected chi connectivity index (χ2v) is 6.26. The number of ether oxygens (including phenoxy) is 1. The molecule has 2 aromatic carbocycles. The Hall–Kier alpha value is -2.53. The highest BCUT2D eigenvalue weighted by atomic mass is 35.5. The van der Waals surface area contributed by atoms with Gasteiger partial charge in [-0.1, -0.05) is 41.9 Å².